The van der Waals surface area contributed by atoms with Gasteiger partial charge in [0.2, 0.25) is 0 Å². The van der Waals surface area contributed by atoms with Gasteiger partial charge in [0.05, 0.1) is 0 Å². The molecule has 1 aliphatic rings. The Bertz CT molecular complexity index is 181. The second-order valence-corrected chi connectivity index (χ2v) is 2.58. The number of hydrogen-bond acceptors (Lipinski definition) is 3. The van der Waals surface area contributed by atoms with Gasteiger partial charge in [0.25, 0.3) is 0 Å². The molecule has 0 aliphatic carbocycles. The largest absolute Gasteiger partial charge is 0.384 e. The van der Waals surface area contributed by atoms with Crippen LogP contribution in [0.5, 0.6) is 0 Å². The lowest BCUT2D eigenvalue weighted by atomic mass is 10.2. The molecule has 0 amide bonds. The number of rotatable bonds is 3. The van der Waals surface area contributed by atoms with Gasteiger partial charge in [0, 0.05) is 26.2 Å². The standard InChI is InChI=1S/C7H14N4/c1-10-7(5-6(8)9)11-3-2-4-11/h5,10H,2-4H2,1H3,(H3,8,9)/b7-5+. The number of nitrogens with one attached hydrogen (secondary N) is 2. The minimum atomic E-state index is 0.0984. The van der Waals surface area contributed by atoms with Crippen molar-refractivity contribution in [1.29, 1.82) is 5.41 Å². The molecule has 1 aliphatic heterocycles. The zero-order chi connectivity index (χ0) is 8.27. The van der Waals surface area contributed by atoms with E-state index in [1.165, 1.54) is 6.42 Å². The molecular weight excluding hydrogens is 140 g/mol. The molecule has 1 saturated heterocycles. The summed E-state index contributed by atoms with van der Waals surface area (Å²) in [6.07, 6.45) is 2.87. The van der Waals surface area contributed by atoms with Crippen LogP contribution in [-0.2, 0) is 0 Å². The summed E-state index contributed by atoms with van der Waals surface area (Å²) in [5.41, 5.74) is 5.23. The van der Waals surface area contributed by atoms with Gasteiger partial charge in [-0.1, -0.05) is 0 Å². The minimum absolute atomic E-state index is 0.0984. The third kappa shape index (κ3) is 1.86. The average molecular weight is 154 g/mol. The maximum atomic E-state index is 7.06. The molecule has 1 rings (SSSR count). The number of nitrogens with two attached hydrogens (primary N) is 1. The summed E-state index contributed by atoms with van der Waals surface area (Å²) in [5.74, 6) is 1.05. The minimum Gasteiger partial charge on any atom is -0.384 e. The van der Waals surface area contributed by atoms with Crippen molar-refractivity contribution in [2.45, 2.75) is 6.42 Å². The molecule has 0 bridgehead atoms. The zero-order valence-corrected chi connectivity index (χ0v) is 6.72. The summed E-state index contributed by atoms with van der Waals surface area (Å²) in [4.78, 5) is 2.15. The van der Waals surface area contributed by atoms with Crippen molar-refractivity contribution >= 4 is 5.84 Å². The van der Waals surface area contributed by atoms with Gasteiger partial charge in [-0.2, -0.15) is 0 Å². The van der Waals surface area contributed by atoms with Crippen LogP contribution in [0.3, 0.4) is 0 Å². The summed E-state index contributed by atoms with van der Waals surface area (Å²) in [5, 5.41) is 10.1. The van der Waals surface area contributed by atoms with Gasteiger partial charge < -0.3 is 16.0 Å². The number of likely N-dealkylation sites (tertiary alicyclic amines) is 1. The lowest BCUT2D eigenvalue weighted by molar-refractivity contribution is 0.226. The molecule has 62 valence electrons. The van der Waals surface area contributed by atoms with Crippen LogP contribution in [0.4, 0.5) is 0 Å². The Morgan fingerprint density at radius 1 is 1.64 bits per heavy atom. The molecular formula is C7H14N4. The fourth-order valence-electron chi connectivity index (χ4n) is 1.03. The van der Waals surface area contributed by atoms with E-state index >= 15 is 0 Å². The van der Waals surface area contributed by atoms with E-state index in [0.717, 1.165) is 18.9 Å². The van der Waals surface area contributed by atoms with Crippen molar-refractivity contribution in [2.75, 3.05) is 20.1 Å². The fourth-order valence-corrected chi connectivity index (χ4v) is 1.03. The molecule has 1 fully saturated rings. The maximum absolute atomic E-state index is 7.06. The van der Waals surface area contributed by atoms with Crippen molar-refractivity contribution in [1.82, 2.24) is 10.2 Å². The molecule has 0 aromatic heterocycles. The highest BCUT2D eigenvalue weighted by Crippen LogP contribution is 2.10. The van der Waals surface area contributed by atoms with Crippen molar-refractivity contribution in [3.05, 3.63) is 11.9 Å². The first kappa shape index (κ1) is 7.91. The third-order valence-electron chi connectivity index (χ3n) is 1.75. The normalized spacial score (nSPS) is 17.5. The molecule has 0 saturated carbocycles. The molecule has 0 radical (unpaired) electrons. The topological polar surface area (TPSA) is 65.1 Å². The average Bonchev–Trinajstić information content (AvgIpc) is 1.81. The number of hydrogen-bond donors (Lipinski definition) is 3. The molecule has 0 unspecified atom stereocenters. The Morgan fingerprint density at radius 3 is 2.55 bits per heavy atom. The van der Waals surface area contributed by atoms with E-state index in [2.05, 4.69) is 10.2 Å². The first-order chi connectivity index (χ1) is 5.24. The number of amidine groups is 1. The summed E-state index contributed by atoms with van der Waals surface area (Å²) in [6.45, 7) is 2.14. The van der Waals surface area contributed by atoms with Crippen LogP contribution in [0.25, 0.3) is 0 Å². The van der Waals surface area contributed by atoms with E-state index in [4.69, 9.17) is 11.1 Å². The van der Waals surface area contributed by atoms with Gasteiger partial charge in [-0.25, -0.2) is 0 Å². The van der Waals surface area contributed by atoms with Crippen LogP contribution in [0, 0.1) is 5.41 Å². The van der Waals surface area contributed by atoms with Crippen molar-refractivity contribution in [3.8, 4) is 0 Å². The van der Waals surface area contributed by atoms with Gasteiger partial charge in [-0.05, 0) is 6.42 Å². The highest BCUT2D eigenvalue weighted by atomic mass is 15.3. The highest BCUT2D eigenvalue weighted by Gasteiger charge is 2.15. The van der Waals surface area contributed by atoms with Crippen molar-refractivity contribution in [2.24, 2.45) is 5.73 Å². The SMILES string of the molecule is CN/C(=C\C(=N)N)N1CCC1. The number of nitrogens with zero attached hydrogens (tertiary/aromatic N) is 1. The van der Waals surface area contributed by atoms with Crippen LogP contribution in [0.2, 0.25) is 0 Å². The lowest BCUT2D eigenvalue weighted by Crippen LogP contribution is -2.41. The smallest absolute Gasteiger partial charge is 0.118 e. The van der Waals surface area contributed by atoms with Gasteiger partial charge in [0.1, 0.15) is 11.7 Å². The van der Waals surface area contributed by atoms with Gasteiger partial charge in [0.15, 0.2) is 0 Å². The monoisotopic (exact) mass is 154 g/mol. The van der Waals surface area contributed by atoms with Crippen molar-refractivity contribution in [3.63, 3.8) is 0 Å². The Morgan fingerprint density at radius 2 is 2.27 bits per heavy atom. The molecule has 0 aromatic rings. The molecule has 4 N–H and O–H groups in total. The molecule has 4 heteroatoms. The second kappa shape index (κ2) is 3.27. The van der Waals surface area contributed by atoms with E-state index in [0.29, 0.717) is 0 Å². The molecule has 11 heavy (non-hydrogen) atoms. The first-order valence-corrected chi connectivity index (χ1v) is 3.72. The second-order valence-electron chi connectivity index (χ2n) is 2.58. The highest BCUT2D eigenvalue weighted by molar-refractivity contribution is 5.88. The molecule has 0 aromatic carbocycles. The van der Waals surface area contributed by atoms with Crippen LogP contribution in [0.1, 0.15) is 6.42 Å². The predicted molar refractivity (Wildman–Crippen MR) is 45.2 cm³/mol. The fraction of sp³-hybridized carbons (Fsp3) is 0.571. The van der Waals surface area contributed by atoms with Gasteiger partial charge in [-0.15, -0.1) is 0 Å². The third-order valence-corrected chi connectivity index (χ3v) is 1.75. The zero-order valence-electron chi connectivity index (χ0n) is 6.72. The molecule has 0 atom stereocenters. The summed E-state index contributed by atoms with van der Waals surface area (Å²) in [7, 11) is 1.84. The lowest BCUT2D eigenvalue weighted by Gasteiger charge is -2.34. The summed E-state index contributed by atoms with van der Waals surface area (Å²) in [6, 6.07) is 0. The quantitative estimate of drug-likeness (QED) is 0.386. The Labute approximate surface area is 66.6 Å². The molecule has 0 spiro atoms. The van der Waals surface area contributed by atoms with E-state index in [1.807, 2.05) is 7.05 Å². The van der Waals surface area contributed by atoms with Gasteiger partial charge >= 0.3 is 0 Å². The van der Waals surface area contributed by atoms with E-state index in [9.17, 15) is 0 Å². The summed E-state index contributed by atoms with van der Waals surface area (Å²) < 4.78 is 0. The van der Waals surface area contributed by atoms with E-state index < -0.39 is 0 Å². The Balaban J connectivity index is 2.53. The van der Waals surface area contributed by atoms with Gasteiger partial charge in [-0.3, -0.25) is 5.41 Å². The summed E-state index contributed by atoms with van der Waals surface area (Å²) >= 11 is 0. The molecule has 1 heterocycles. The van der Waals surface area contributed by atoms with Crippen LogP contribution in [-0.4, -0.2) is 30.9 Å². The van der Waals surface area contributed by atoms with Crippen molar-refractivity contribution < 1.29 is 0 Å². The van der Waals surface area contributed by atoms with Crippen LogP contribution in [0.15, 0.2) is 11.9 Å². The van der Waals surface area contributed by atoms with E-state index in [-0.39, 0.29) is 5.84 Å². The Hall–Kier alpha value is -1.19. The predicted octanol–water partition coefficient (Wildman–Crippen LogP) is -0.311. The first-order valence-electron chi connectivity index (χ1n) is 3.72. The maximum Gasteiger partial charge on any atom is 0.118 e. The Kier molecular flexibility index (Phi) is 2.36. The molecule has 4 nitrogen and oxygen atoms in total. The van der Waals surface area contributed by atoms with Crippen LogP contribution < -0.4 is 11.1 Å². The van der Waals surface area contributed by atoms with Crippen LogP contribution >= 0.6 is 0 Å². The van der Waals surface area contributed by atoms with E-state index in [1.54, 1.807) is 6.08 Å².